The van der Waals surface area contributed by atoms with E-state index in [-0.39, 0.29) is 0 Å². The van der Waals surface area contributed by atoms with Gasteiger partial charge < -0.3 is 4.74 Å². The summed E-state index contributed by atoms with van der Waals surface area (Å²) in [6.45, 7) is 0. The smallest absolute Gasteiger partial charge is 0.133 e. The summed E-state index contributed by atoms with van der Waals surface area (Å²) in [5.41, 5.74) is 0. The van der Waals surface area contributed by atoms with Crippen LogP contribution in [-0.2, 0) is 0 Å². The summed E-state index contributed by atoms with van der Waals surface area (Å²) in [6, 6.07) is 3.51. The summed E-state index contributed by atoms with van der Waals surface area (Å²) >= 11 is 13.2. The van der Waals surface area contributed by atoms with Crippen molar-refractivity contribution in [3.8, 4) is 5.75 Å². The molecule has 0 bridgehead atoms. The zero-order valence-electron chi connectivity index (χ0n) is 5.77. The summed E-state index contributed by atoms with van der Waals surface area (Å²) in [5.74, 6) is 0.713. The van der Waals surface area contributed by atoms with Crippen molar-refractivity contribution in [2.45, 2.75) is 4.90 Å². The third-order valence-electron chi connectivity index (χ3n) is 1.22. The van der Waals surface area contributed by atoms with Crippen LogP contribution in [0.2, 0.25) is 5.02 Å². The maximum atomic E-state index is 5.79. The van der Waals surface area contributed by atoms with Crippen LogP contribution in [0.4, 0.5) is 0 Å². The second-order valence-corrected chi connectivity index (χ2v) is 3.68. The normalized spacial score (nSPS) is 9.82. The highest BCUT2D eigenvalue weighted by Crippen LogP contribution is 2.32. The fourth-order valence-corrected chi connectivity index (χ4v) is 1.53. The Morgan fingerprint density at radius 1 is 1.55 bits per heavy atom. The number of thiol groups is 1. The standard InChI is InChI=1S/C7H6BrClOS/c1-10-6-2-4(8)5(9)3-7(6)11/h2-3,11H,1H3. The van der Waals surface area contributed by atoms with Crippen LogP contribution in [0, 0.1) is 0 Å². The summed E-state index contributed by atoms with van der Waals surface area (Å²) in [5, 5.41) is 0.635. The first-order valence-electron chi connectivity index (χ1n) is 2.87. The van der Waals surface area contributed by atoms with Gasteiger partial charge in [0.25, 0.3) is 0 Å². The van der Waals surface area contributed by atoms with E-state index in [1.165, 1.54) is 0 Å². The van der Waals surface area contributed by atoms with Gasteiger partial charge in [-0.1, -0.05) is 11.6 Å². The van der Waals surface area contributed by atoms with Crippen molar-refractivity contribution in [1.29, 1.82) is 0 Å². The molecule has 0 unspecified atom stereocenters. The van der Waals surface area contributed by atoms with E-state index in [0.29, 0.717) is 10.8 Å². The molecule has 0 amide bonds. The quantitative estimate of drug-likeness (QED) is 0.755. The molecule has 0 atom stereocenters. The molecule has 1 rings (SSSR count). The largest absolute Gasteiger partial charge is 0.496 e. The van der Waals surface area contributed by atoms with Gasteiger partial charge in [-0.2, -0.15) is 0 Å². The Balaban J connectivity index is 3.21. The lowest BCUT2D eigenvalue weighted by Crippen LogP contribution is -1.84. The second-order valence-electron chi connectivity index (χ2n) is 1.94. The van der Waals surface area contributed by atoms with Gasteiger partial charge in [-0.05, 0) is 28.1 Å². The Bertz CT molecular complexity index is 277. The summed E-state index contributed by atoms with van der Waals surface area (Å²) in [4.78, 5) is 0.737. The molecule has 0 aromatic heterocycles. The van der Waals surface area contributed by atoms with E-state index in [2.05, 4.69) is 28.6 Å². The molecule has 60 valence electrons. The molecule has 0 N–H and O–H groups in total. The molecule has 0 spiro atoms. The van der Waals surface area contributed by atoms with E-state index in [9.17, 15) is 0 Å². The molecule has 0 saturated heterocycles. The third-order valence-corrected chi connectivity index (χ3v) is 2.77. The van der Waals surface area contributed by atoms with Crippen LogP contribution in [0.1, 0.15) is 0 Å². The lowest BCUT2D eigenvalue weighted by atomic mass is 10.3. The SMILES string of the molecule is COc1cc(Br)c(Cl)cc1S. The van der Waals surface area contributed by atoms with Crippen LogP contribution in [-0.4, -0.2) is 7.11 Å². The van der Waals surface area contributed by atoms with Gasteiger partial charge in [-0.25, -0.2) is 0 Å². The zero-order chi connectivity index (χ0) is 8.43. The van der Waals surface area contributed by atoms with Crippen molar-refractivity contribution >= 4 is 40.2 Å². The van der Waals surface area contributed by atoms with Crippen molar-refractivity contribution in [2.75, 3.05) is 7.11 Å². The molecule has 0 fully saturated rings. The maximum Gasteiger partial charge on any atom is 0.133 e. The first-order valence-corrected chi connectivity index (χ1v) is 4.49. The summed E-state index contributed by atoms with van der Waals surface area (Å²) in [7, 11) is 1.59. The van der Waals surface area contributed by atoms with Crippen molar-refractivity contribution < 1.29 is 4.74 Å². The minimum Gasteiger partial charge on any atom is -0.496 e. The Labute approximate surface area is 84.2 Å². The van der Waals surface area contributed by atoms with Crippen molar-refractivity contribution in [3.05, 3.63) is 21.6 Å². The predicted octanol–water partition coefficient (Wildman–Crippen LogP) is 3.40. The number of halogens is 2. The molecule has 0 aliphatic rings. The van der Waals surface area contributed by atoms with Gasteiger partial charge in [-0.3, -0.25) is 0 Å². The van der Waals surface area contributed by atoms with Gasteiger partial charge in [0, 0.05) is 9.37 Å². The molecule has 11 heavy (non-hydrogen) atoms. The third kappa shape index (κ3) is 2.04. The van der Waals surface area contributed by atoms with Crippen LogP contribution in [0.3, 0.4) is 0 Å². The molecule has 0 radical (unpaired) electrons. The minimum atomic E-state index is 0.635. The number of methoxy groups -OCH3 is 1. The molecule has 1 aromatic carbocycles. The second kappa shape index (κ2) is 3.70. The van der Waals surface area contributed by atoms with Gasteiger partial charge >= 0.3 is 0 Å². The van der Waals surface area contributed by atoms with E-state index < -0.39 is 0 Å². The van der Waals surface area contributed by atoms with Gasteiger partial charge in [0.1, 0.15) is 5.75 Å². The number of ether oxygens (including phenoxy) is 1. The van der Waals surface area contributed by atoms with E-state index >= 15 is 0 Å². The van der Waals surface area contributed by atoms with E-state index in [1.54, 1.807) is 19.2 Å². The zero-order valence-corrected chi connectivity index (χ0v) is 9.00. The number of rotatable bonds is 1. The summed E-state index contributed by atoms with van der Waals surface area (Å²) in [6.07, 6.45) is 0. The highest BCUT2D eigenvalue weighted by molar-refractivity contribution is 9.10. The molecule has 0 aliphatic carbocycles. The number of benzene rings is 1. The van der Waals surface area contributed by atoms with E-state index in [0.717, 1.165) is 9.37 Å². The summed E-state index contributed by atoms with van der Waals surface area (Å²) < 4.78 is 5.83. The highest BCUT2D eigenvalue weighted by atomic mass is 79.9. The predicted molar refractivity (Wildman–Crippen MR) is 53.0 cm³/mol. The fraction of sp³-hybridized carbons (Fsp3) is 0.143. The average molecular weight is 254 g/mol. The molecular weight excluding hydrogens is 248 g/mol. The van der Waals surface area contributed by atoms with Crippen LogP contribution >= 0.6 is 40.2 Å². The molecule has 1 aromatic rings. The molecule has 4 heteroatoms. The van der Waals surface area contributed by atoms with Crippen LogP contribution in [0.5, 0.6) is 5.75 Å². The Kier molecular flexibility index (Phi) is 3.10. The van der Waals surface area contributed by atoms with E-state index in [4.69, 9.17) is 16.3 Å². The van der Waals surface area contributed by atoms with Crippen molar-refractivity contribution in [1.82, 2.24) is 0 Å². The number of hydrogen-bond acceptors (Lipinski definition) is 2. The van der Waals surface area contributed by atoms with Crippen LogP contribution in [0.15, 0.2) is 21.5 Å². The van der Waals surface area contributed by atoms with E-state index in [1.807, 2.05) is 0 Å². The molecule has 0 saturated carbocycles. The van der Waals surface area contributed by atoms with Gasteiger partial charge in [-0.15, -0.1) is 12.6 Å². The first kappa shape index (κ1) is 9.23. The molecular formula is C7H6BrClOS. The lowest BCUT2D eigenvalue weighted by molar-refractivity contribution is 0.404. The maximum absolute atomic E-state index is 5.79. The van der Waals surface area contributed by atoms with Gasteiger partial charge in [0.05, 0.1) is 12.1 Å². The lowest BCUT2D eigenvalue weighted by Gasteiger charge is -2.04. The average Bonchev–Trinajstić information content (AvgIpc) is 1.97. The Morgan fingerprint density at radius 3 is 2.73 bits per heavy atom. The molecule has 0 heterocycles. The Hall–Kier alpha value is 0.140. The van der Waals surface area contributed by atoms with Crippen LogP contribution in [0.25, 0.3) is 0 Å². The number of hydrogen-bond donors (Lipinski definition) is 1. The fourth-order valence-electron chi connectivity index (χ4n) is 0.682. The van der Waals surface area contributed by atoms with Gasteiger partial charge in [0.2, 0.25) is 0 Å². The van der Waals surface area contributed by atoms with Crippen molar-refractivity contribution in [2.24, 2.45) is 0 Å². The first-order chi connectivity index (χ1) is 5.15. The van der Waals surface area contributed by atoms with Crippen molar-refractivity contribution in [3.63, 3.8) is 0 Å². The monoisotopic (exact) mass is 252 g/mol. The minimum absolute atomic E-state index is 0.635. The highest BCUT2D eigenvalue weighted by Gasteiger charge is 2.03. The molecule has 0 aliphatic heterocycles. The Morgan fingerprint density at radius 2 is 2.18 bits per heavy atom. The molecule has 1 nitrogen and oxygen atoms in total. The van der Waals surface area contributed by atoms with Crippen LogP contribution < -0.4 is 4.74 Å². The topological polar surface area (TPSA) is 9.23 Å². The van der Waals surface area contributed by atoms with Gasteiger partial charge in [0.15, 0.2) is 0 Å².